The number of carbonyl (C=O) groups excluding carboxylic acids is 3. The average molecular weight is 368 g/mol. The fourth-order valence-corrected chi connectivity index (χ4v) is 4.05. The fourth-order valence-electron chi connectivity index (χ4n) is 4.05. The van der Waals surface area contributed by atoms with E-state index in [1.54, 1.807) is 12.1 Å². The summed E-state index contributed by atoms with van der Waals surface area (Å²) in [5, 5.41) is 2.34. The first-order valence-corrected chi connectivity index (χ1v) is 8.93. The van der Waals surface area contributed by atoms with Crippen LogP contribution in [0.5, 0.6) is 0 Å². The van der Waals surface area contributed by atoms with Gasteiger partial charge in [-0.1, -0.05) is 18.2 Å². The average Bonchev–Trinajstić information content (AvgIpc) is 2.92. The Morgan fingerprint density at radius 2 is 1.78 bits per heavy atom. The molecule has 1 fully saturated rings. The minimum Gasteiger partial charge on any atom is -0.328 e. The standard InChI is InChI=1S/C20H22N3O4/c1-21-12-23(2,3)11-15-16(21)8-7-13-5-4-6-14(19(13)15)20(26)27-22-17(24)9-10-18(22)25/h4-8H,9-12H2,1-3H3/q+1. The molecule has 0 bridgehead atoms. The summed E-state index contributed by atoms with van der Waals surface area (Å²) in [5.74, 6) is -1.64. The van der Waals surface area contributed by atoms with Gasteiger partial charge >= 0.3 is 5.97 Å². The maximum atomic E-state index is 12.8. The third kappa shape index (κ3) is 2.94. The molecule has 1 saturated heterocycles. The molecule has 2 amide bonds. The molecule has 7 nitrogen and oxygen atoms in total. The number of hydroxylamine groups is 2. The number of fused-ring (bicyclic) bond motifs is 3. The quantitative estimate of drug-likeness (QED) is 0.600. The Balaban J connectivity index is 1.82. The SMILES string of the molecule is CN1C[N+](C)(C)Cc2c1ccc1cccc(C(=O)ON3C(=O)CCC3=O)c21. The predicted octanol–water partition coefficient (Wildman–Crippen LogP) is 2.04. The number of rotatable bonds is 2. The van der Waals surface area contributed by atoms with Gasteiger partial charge in [-0.05, 0) is 17.5 Å². The van der Waals surface area contributed by atoms with Gasteiger partial charge in [-0.15, -0.1) is 5.06 Å². The van der Waals surface area contributed by atoms with E-state index in [9.17, 15) is 14.4 Å². The second-order valence-electron chi connectivity index (χ2n) is 7.86. The van der Waals surface area contributed by atoms with Crippen LogP contribution in [0.15, 0.2) is 30.3 Å². The van der Waals surface area contributed by atoms with E-state index in [-0.39, 0.29) is 12.8 Å². The summed E-state index contributed by atoms with van der Waals surface area (Å²) in [5.41, 5.74) is 2.51. The highest BCUT2D eigenvalue weighted by Gasteiger charge is 2.35. The van der Waals surface area contributed by atoms with Crippen molar-refractivity contribution in [3.05, 3.63) is 41.5 Å². The zero-order valence-electron chi connectivity index (χ0n) is 15.7. The molecule has 0 unspecified atom stereocenters. The minimum absolute atomic E-state index is 0.0769. The third-order valence-electron chi connectivity index (χ3n) is 5.12. The van der Waals surface area contributed by atoms with Crippen molar-refractivity contribution < 1.29 is 23.7 Å². The molecule has 0 aliphatic carbocycles. The lowest BCUT2D eigenvalue weighted by Crippen LogP contribution is -2.50. The van der Waals surface area contributed by atoms with Crippen LogP contribution < -0.4 is 4.90 Å². The highest BCUT2D eigenvalue weighted by Crippen LogP contribution is 2.36. The normalized spacial score (nSPS) is 18.8. The number of hydrogen-bond donors (Lipinski definition) is 0. The topological polar surface area (TPSA) is 66.9 Å². The fraction of sp³-hybridized carbons (Fsp3) is 0.350. The van der Waals surface area contributed by atoms with Crippen molar-refractivity contribution >= 4 is 34.2 Å². The summed E-state index contributed by atoms with van der Waals surface area (Å²) in [6.45, 7) is 1.63. The number of benzene rings is 2. The van der Waals surface area contributed by atoms with Gasteiger partial charge in [0.2, 0.25) is 0 Å². The smallest absolute Gasteiger partial charge is 0.328 e. The molecule has 4 rings (SSSR count). The Hall–Kier alpha value is -2.93. The summed E-state index contributed by atoms with van der Waals surface area (Å²) in [4.78, 5) is 43.8. The summed E-state index contributed by atoms with van der Waals surface area (Å²) in [6.07, 6.45) is 0.154. The Labute approximate surface area is 157 Å². The molecular formula is C20H22N3O4+. The Morgan fingerprint density at radius 1 is 1.07 bits per heavy atom. The first-order valence-electron chi connectivity index (χ1n) is 8.93. The van der Waals surface area contributed by atoms with Gasteiger partial charge in [-0.2, -0.15) is 0 Å². The van der Waals surface area contributed by atoms with E-state index in [1.807, 2.05) is 19.2 Å². The van der Waals surface area contributed by atoms with Gasteiger partial charge in [0.05, 0.1) is 25.3 Å². The van der Waals surface area contributed by atoms with Gasteiger partial charge in [-0.3, -0.25) is 9.59 Å². The summed E-state index contributed by atoms with van der Waals surface area (Å²) < 4.78 is 0.759. The first-order chi connectivity index (χ1) is 12.8. The lowest BCUT2D eigenvalue weighted by Gasteiger charge is -2.41. The van der Waals surface area contributed by atoms with Gasteiger partial charge in [-0.25, -0.2) is 4.79 Å². The molecule has 0 aromatic heterocycles. The molecule has 27 heavy (non-hydrogen) atoms. The van der Waals surface area contributed by atoms with E-state index in [0.29, 0.717) is 10.6 Å². The maximum Gasteiger partial charge on any atom is 0.364 e. The third-order valence-corrected chi connectivity index (χ3v) is 5.12. The molecule has 0 atom stereocenters. The lowest BCUT2D eigenvalue weighted by atomic mass is 9.95. The summed E-state index contributed by atoms with van der Waals surface area (Å²) in [6, 6.07) is 9.47. The molecule has 2 aliphatic heterocycles. The molecule has 0 N–H and O–H groups in total. The van der Waals surface area contributed by atoms with Crippen LogP contribution in [0.4, 0.5) is 5.69 Å². The van der Waals surface area contributed by atoms with Gasteiger partial charge in [0.15, 0.2) is 6.67 Å². The monoisotopic (exact) mass is 368 g/mol. The number of nitrogens with zero attached hydrogens (tertiary/aromatic N) is 3. The number of carbonyl (C=O) groups is 3. The van der Waals surface area contributed by atoms with Crippen LogP contribution in [0.3, 0.4) is 0 Å². The molecule has 0 saturated carbocycles. The van der Waals surface area contributed by atoms with Crippen LogP contribution in [0.25, 0.3) is 10.8 Å². The van der Waals surface area contributed by atoms with E-state index in [0.717, 1.165) is 39.7 Å². The van der Waals surface area contributed by atoms with Crippen LogP contribution in [0, 0.1) is 0 Å². The van der Waals surface area contributed by atoms with Crippen molar-refractivity contribution in [2.24, 2.45) is 0 Å². The Bertz CT molecular complexity index is 967. The van der Waals surface area contributed by atoms with Gasteiger partial charge in [0, 0.05) is 30.8 Å². The second kappa shape index (κ2) is 6.06. The van der Waals surface area contributed by atoms with E-state index in [1.165, 1.54) is 0 Å². The molecule has 0 radical (unpaired) electrons. The highest BCUT2D eigenvalue weighted by molar-refractivity contribution is 6.09. The van der Waals surface area contributed by atoms with E-state index in [4.69, 9.17) is 4.84 Å². The van der Waals surface area contributed by atoms with Crippen molar-refractivity contribution in [1.29, 1.82) is 0 Å². The number of amides is 2. The van der Waals surface area contributed by atoms with Crippen LogP contribution in [-0.2, 0) is 21.0 Å². The number of imide groups is 1. The Kier molecular flexibility index (Phi) is 3.92. The molecule has 140 valence electrons. The summed E-state index contributed by atoms with van der Waals surface area (Å²) in [7, 11) is 6.31. The largest absolute Gasteiger partial charge is 0.364 e. The predicted molar refractivity (Wildman–Crippen MR) is 99.5 cm³/mol. The second-order valence-corrected chi connectivity index (χ2v) is 7.86. The number of quaternary nitrogens is 1. The van der Waals surface area contributed by atoms with Gasteiger partial charge in [0.1, 0.15) is 6.54 Å². The lowest BCUT2D eigenvalue weighted by molar-refractivity contribution is -0.904. The van der Waals surface area contributed by atoms with Gasteiger partial charge in [0.25, 0.3) is 11.8 Å². The van der Waals surface area contributed by atoms with Crippen molar-refractivity contribution in [3.8, 4) is 0 Å². The molecule has 7 heteroatoms. The zero-order valence-corrected chi connectivity index (χ0v) is 15.7. The molecular weight excluding hydrogens is 346 g/mol. The highest BCUT2D eigenvalue weighted by atomic mass is 16.7. The van der Waals surface area contributed by atoms with E-state index in [2.05, 4.69) is 25.1 Å². The molecule has 2 aromatic rings. The van der Waals surface area contributed by atoms with Crippen LogP contribution in [0.1, 0.15) is 28.8 Å². The number of hydrogen-bond acceptors (Lipinski definition) is 5. The molecule has 2 heterocycles. The van der Waals surface area contributed by atoms with Crippen molar-refractivity contribution in [3.63, 3.8) is 0 Å². The Morgan fingerprint density at radius 3 is 2.48 bits per heavy atom. The molecule has 2 aromatic carbocycles. The zero-order chi connectivity index (χ0) is 19.3. The first kappa shape index (κ1) is 17.5. The number of anilines is 1. The van der Waals surface area contributed by atoms with Crippen molar-refractivity contribution in [1.82, 2.24) is 5.06 Å². The van der Waals surface area contributed by atoms with Crippen LogP contribution >= 0.6 is 0 Å². The van der Waals surface area contributed by atoms with E-state index < -0.39 is 17.8 Å². The molecule has 2 aliphatic rings. The van der Waals surface area contributed by atoms with Crippen LogP contribution in [0.2, 0.25) is 0 Å². The summed E-state index contributed by atoms with van der Waals surface area (Å²) >= 11 is 0. The van der Waals surface area contributed by atoms with Crippen molar-refractivity contribution in [2.45, 2.75) is 19.4 Å². The van der Waals surface area contributed by atoms with Crippen molar-refractivity contribution in [2.75, 3.05) is 32.7 Å². The minimum atomic E-state index is -0.684. The van der Waals surface area contributed by atoms with E-state index >= 15 is 0 Å². The molecule has 0 spiro atoms. The maximum absolute atomic E-state index is 12.8. The van der Waals surface area contributed by atoms with Gasteiger partial charge < -0.3 is 14.2 Å². The van der Waals surface area contributed by atoms with Crippen LogP contribution in [-0.4, -0.2) is 55.1 Å².